The Bertz CT molecular complexity index is 1070. The van der Waals surface area contributed by atoms with Gasteiger partial charge in [-0.3, -0.25) is 4.79 Å². The number of nitrogens with one attached hydrogen (secondary N) is 2. The first-order valence-corrected chi connectivity index (χ1v) is 10.0. The van der Waals surface area contributed by atoms with Gasteiger partial charge in [0.05, 0.1) is 11.4 Å². The Morgan fingerprint density at radius 1 is 1.43 bits per heavy atom. The summed E-state index contributed by atoms with van der Waals surface area (Å²) in [5.74, 6) is -0.0734. The average Bonchev–Trinajstić information content (AvgIpc) is 3.30. The zero-order valence-electron chi connectivity index (χ0n) is 17.1. The normalized spacial score (nSPS) is 17.9. The lowest BCUT2D eigenvalue weighted by Crippen LogP contribution is -2.47. The summed E-state index contributed by atoms with van der Waals surface area (Å²) in [7, 11) is 2.02. The Labute approximate surface area is 174 Å². The van der Waals surface area contributed by atoms with E-state index in [1.54, 1.807) is 24.4 Å². The van der Waals surface area contributed by atoms with Crippen LogP contribution in [0.4, 0.5) is 4.39 Å². The third-order valence-electron chi connectivity index (χ3n) is 5.48. The number of pyridine rings is 1. The van der Waals surface area contributed by atoms with E-state index in [9.17, 15) is 9.18 Å². The highest BCUT2D eigenvalue weighted by Crippen LogP contribution is 2.32. The molecule has 1 fully saturated rings. The quantitative estimate of drug-likeness (QED) is 0.579. The van der Waals surface area contributed by atoms with Crippen molar-refractivity contribution in [1.82, 2.24) is 20.2 Å². The standard InChI is InChI=1S/C22H26FN5O2/c1-13-11-26-21-20(13)19(5-7-25-21)30-18-4-3-14(9-16(18)23)10-17(24)22(29)27-15-6-8-28(2)12-15/h3-5,7,9,11,15,17H,6,8,10,12,24H2,1-2H3,(H,25,26)(H,27,29). The number of likely N-dealkylation sites (tertiary alicyclic amines) is 1. The summed E-state index contributed by atoms with van der Waals surface area (Å²) in [4.78, 5) is 21.8. The van der Waals surface area contributed by atoms with E-state index in [4.69, 9.17) is 10.5 Å². The summed E-state index contributed by atoms with van der Waals surface area (Å²) in [6, 6.07) is 5.76. The maximum atomic E-state index is 14.7. The van der Waals surface area contributed by atoms with Crippen molar-refractivity contribution >= 4 is 16.9 Å². The maximum absolute atomic E-state index is 14.7. The number of likely N-dealkylation sites (N-methyl/N-ethyl adjacent to an activating group) is 1. The van der Waals surface area contributed by atoms with Crippen molar-refractivity contribution in [3.05, 3.63) is 53.6 Å². The topological polar surface area (TPSA) is 96.3 Å². The molecule has 1 aromatic carbocycles. The van der Waals surface area contributed by atoms with Crippen LogP contribution in [0.1, 0.15) is 17.5 Å². The van der Waals surface area contributed by atoms with E-state index >= 15 is 0 Å². The Kier molecular flexibility index (Phi) is 5.69. The van der Waals surface area contributed by atoms with Gasteiger partial charge in [0.15, 0.2) is 11.6 Å². The summed E-state index contributed by atoms with van der Waals surface area (Å²) < 4.78 is 20.5. The number of carbonyl (C=O) groups excluding carboxylic acids is 1. The monoisotopic (exact) mass is 411 g/mol. The van der Waals surface area contributed by atoms with Crippen molar-refractivity contribution < 1.29 is 13.9 Å². The largest absolute Gasteiger partial charge is 0.453 e. The summed E-state index contributed by atoms with van der Waals surface area (Å²) >= 11 is 0. The van der Waals surface area contributed by atoms with E-state index in [0.29, 0.717) is 17.0 Å². The molecule has 7 nitrogen and oxygen atoms in total. The molecule has 3 aromatic rings. The number of nitrogens with zero attached hydrogens (tertiary/aromatic N) is 2. The van der Waals surface area contributed by atoms with Gasteiger partial charge in [-0.15, -0.1) is 0 Å². The predicted molar refractivity (Wildman–Crippen MR) is 113 cm³/mol. The number of amides is 1. The van der Waals surface area contributed by atoms with E-state index in [2.05, 4.69) is 20.2 Å². The lowest BCUT2D eigenvalue weighted by atomic mass is 10.0. The number of hydrogen-bond donors (Lipinski definition) is 3. The van der Waals surface area contributed by atoms with Gasteiger partial charge in [-0.1, -0.05) is 6.07 Å². The molecule has 30 heavy (non-hydrogen) atoms. The number of nitrogens with two attached hydrogens (primary N) is 1. The average molecular weight is 411 g/mol. The molecule has 0 saturated carbocycles. The zero-order chi connectivity index (χ0) is 21.3. The van der Waals surface area contributed by atoms with Crippen LogP contribution in [0.3, 0.4) is 0 Å². The van der Waals surface area contributed by atoms with E-state index in [-0.39, 0.29) is 24.1 Å². The minimum atomic E-state index is -0.732. The molecule has 4 rings (SSSR count). The number of fused-ring (bicyclic) bond motifs is 1. The Morgan fingerprint density at radius 2 is 2.27 bits per heavy atom. The van der Waals surface area contributed by atoms with Crippen molar-refractivity contribution in [2.24, 2.45) is 5.73 Å². The number of rotatable bonds is 6. The maximum Gasteiger partial charge on any atom is 0.237 e. The molecule has 2 aromatic heterocycles. The van der Waals surface area contributed by atoms with Crippen LogP contribution in [-0.4, -0.2) is 53.0 Å². The van der Waals surface area contributed by atoms with Crippen LogP contribution >= 0.6 is 0 Å². The van der Waals surface area contributed by atoms with Gasteiger partial charge in [0.1, 0.15) is 11.4 Å². The number of H-pyrrole nitrogens is 1. The fraction of sp³-hybridized carbons (Fsp3) is 0.364. The van der Waals surface area contributed by atoms with Crippen molar-refractivity contribution in [3.8, 4) is 11.5 Å². The molecule has 1 aliphatic rings. The summed E-state index contributed by atoms with van der Waals surface area (Å²) in [5, 5.41) is 3.79. The van der Waals surface area contributed by atoms with Crippen molar-refractivity contribution in [1.29, 1.82) is 0 Å². The van der Waals surface area contributed by atoms with Crippen LogP contribution in [0.5, 0.6) is 11.5 Å². The minimum absolute atomic E-state index is 0.110. The lowest BCUT2D eigenvalue weighted by Gasteiger charge is -2.17. The Balaban J connectivity index is 1.42. The molecular weight excluding hydrogens is 385 g/mol. The molecule has 1 aliphatic heterocycles. The Morgan fingerprint density at radius 3 is 3.00 bits per heavy atom. The second-order valence-corrected chi connectivity index (χ2v) is 7.94. The third-order valence-corrected chi connectivity index (χ3v) is 5.48. The molecular formula is C22H26FN5O2. The number of benzene rings is 1. The fourth-order valence-corrected chi connectivity index (χ4v) is 3.85. The molecule has 1 saturated heterocycles. The molecule has 8 heteroatoms. The highest BCUT2D eigenvalue weighted by molar-refractivity contribution is 5.86. The predicted octanol–water partition coefficient (Wildman–Crippen LogP) is 2.49. The number of halogens is 1. The van der Waals surface area contributed by atoms with E-state index in [0.717, 1.165) is 30.5 Å². The SMILES string of the molecule is Cc1c[nH]c2nccc(Oc3ccc(CC(N)C(=O)NC4CCN(C)C4)cc3F)c12. The molecule has 3 heterocycles. The van der Waals surface area contributed by atoms with Crippen molar-refractivity contribution in [2.75, 3.05) is 20.1 Å². The van der Waals surface area contributed by atoms with Crippen LogP contribution in [-0.2, 0) is 11.2 Å². The van der Waals surface area contributed by atoms with Gasteiger partial charge in [0, 0.05) is 25.0 Å². The first-order valence-electron chi connectivity index (χ1n) is 10.0. The van der Waals surface area contributed by atoms with E-state index in [1.165, 1.54) is 6.07 Å². The van der Waals surface area contributed by atoms with Gasteiger partial charge in [-0.25, -0.2) is 9.37 Å². The molecule has 0 spiro atoms. The van der Waals surface area contributed by atoms with Crippen molar-refractivity contribution in [2.45, 2.75) is 31.8 Å². The number of aromatic nitrogens is 2. The molecule has 158 valence electrons. The van der Waals surface area contributed by atoms with Crippen LogP contribution in [0.15, 0.2) is 36.7 Å². The van der Waals surface area contributed by atoms with Crippen LogP contribution < -0.4 is 15.8 Å². The minimum Gasteiger partial charge on any atom is -0.453 e. The van der Waals surface area contributed by atoms with E-state index in [1.807, 2.05) is 20.2 Å². The molecule has 0 radical (unpaired) electrons. The number of carbonyl (C=O) groups is 1. The zero-order valence-corrected chi connectivity index (χ0v) is 17.1. The summed E-state index contributed by atoms with van der Waals surface area (Å²) in [5.41, 5.74) is 8.35. The third kappa shape index (κ3) is 4.29. The van der Waals surface area contributed by atoms with Gasteiger partial charge >= 0.3 is 0 Å². The molecule has 0 bridgehead atoms. The molecule has 1 amide bonds. The van der Waals surface area contributed by atoms with Crippen molar-refractivity contribution in [3.63, 3.8) is 0 Å². The Hall–Kier alpha value is -2.97. The second kappa shape index (κ2) is 8.41. The van der Waals surface area contributed by atoms with E-state index < -0.39 is 11.9 Å². The number of hydrogen-bond acceptors (Lipinski definition) is 5. The number of aromatic amines is 1. The van der Waals surface area contributed by atoms with Gasteiger partial charge in [0.25, 0.3) is 0 Å². The van der Waals surface area contributed by atoms with Crippen LogP contribution in [0.25, 0.3) is 11.0 Å². The molecule has 4 N–H and O–H groups in total. The van der Waals surface area contributed by atoms with Gasteiger partial charge in [-0.2, -0.15) is 0 Å². The number of aryl methyl sites for hydroxylation is 1. The van der Waals surface area contributed by atoms with Gasteiger partial charge in [0.2, 0.25) is 5.91 Å². The highest BCUT2D eigenvalue weighted by Gasteiger charge is 2.24. The lowest BCUT2D eigenvalue weighted by molar-refractivity contribution is -0.122. The van der Waals surface area contributed by atoms with Crippen LogP contribution in [0.2, 0.25) is 0 Å². The van der Waals surface area contributed by atoms with Crippen LogP contribution in [0, 0.1) is 12.7 Å². The number of ether oxygens (including phenoxy) is 1. The summed E-state index contributed by atoms with van der Waals surface area (Å²) in [6.07, 6.45) is 4.61. The second-order valence-electron chi connectivity index (χ2n) is 7.94. The summed E-state index contributed by atoms with van der Waals surface area (Å²) in [6.45, 7) is 3.71. The molecule has 2 unspecified atom stereocenters. The first kappa shape index (κ1) is 20.3. The fourth-order valence-electron chi connectivity index (χ4n) is 3.85. The first-order chi connectivity index (χ1) is 14.4. The molecule has 0 aliphatic carbocycles. The smallest absolute Gasteiger partial charge is 0.237 e. The van der Waals surface area contributed by atoms with Gasteiger partial charge < -0.3 is 25.7 Å². The van der Waals surface area contributed by atoms with Gasteiger partial charge in [-0.05, 0) is 62.7 Å². The highest BCUT2D eigenvalue weighted by atomic mass is 19.1. The molecule has 2 atom stereocenters.